The highest BCUT2D eigenvalue weighted by atomic mass is 35.5. The maximum Gasteiger partial charge on any atom is 0.134 e. The smallest absolute Gasteiger partial charge is 0.134 e. The quantitative estimate of drug-likeness (QED) is 0.735. The van der Waals surface area contributed by atoms with E-state index < -0.39 is 0 Å². The van der Waals surface area contributed by atoms with Gasteiger partial charge in [0.05, 0.1) is 27.2 Å². The van der Waals surface area contributed by atoms with Crippen molar-refractivity contribution < 1.29 is 0 Å². The third kappa shape index (κ3) is 2.17. The van der Waals surface area contributed by atoms with Gasteiger partial charge in [0.15, 0.2) is 0 Å². The Morgan fingerprint density at radius 1 is 1.10 bits per heavy atom. The molecule has 4 nitrogen and oxygen atoms in total. The zero-order valence-corrected chi connectivity index (χ0v) is 12.2. The van der Waals surface area contributed by atoms with Gasteiger partial charge in [-0.15, -0.1) is 0 Å². The Kier molecular flexibility index (Phi) is 3.38. The second-order valence-corrected chi connectivity index (χ2v) is 5.14. The second kappa shape index (κ2) is 5.21. The molecule has 0 saturated carbocycles. The number of fused-ring (bicyclic) bond motifs is 1. The number of halogens is 2. The topological polar surface area (TPSA) is 75.6 Å². The van der Waals surface area contributed by atoms with Crippen LogP contribution in [0.4, 0.5) is 5.82 Å². The molecule has 1 heterocycles. The molecule has 0 saturated heterocycles. The summed E-state index contributed by atoms with van der Waals surface area (Å²) < 4.78 is 0. The highest BCUT2D eigenvalue weighted by Gasteiger charge is 2.16. The molecule has 0 radical (unpaired) electrons. The van der Waals surface area contributed by atoms with Crippen molar-refractivity contribution in [2.75, 3.05) is 5.73 Å². The molecule has 3 rings (SSSR count). The fourth-order valence-corrected chi connectivity index (χ4v) is 2.61. The number of anilines is 1. The minimum absolute atomic E-state index is 0.351. The standard InChI is InChI=1S/C15H8Cl2N4/c16-11-3-1-2-9(13(11)17)12-8(6-18)4-5-10-14(12)20-7-21-15(10)19/h1-5,7H,(H2,19,20,21). The number of aromatic nitrogens is 2. The van der Waals surface area contributed by atoms with E-state index >= 15 is 0 Å². The van der Waals surface area contributed by atoms with Gasteiger partial charge in [0.25, 0.3) is 0 Å². The summed E-state index contributed by atoms with van der Waals surface area (Å²) in [6.07, 6.45) is 1.36. The molecule has 0 aliphatic heterocycles. The Morgan fingerprint density at radius 3 is 2.67 bits per heavy atom. The van der Waals surface area contributed by atoms with E-state index in [1.54, 1.807) is 30.3 Å². The Bertz CT molecular complexity index is 900. The van der Waals surface area contributed by atoms with Gasteiger partial charge >= 0.3 is 0 Å². The first-order chi connectivity index (χ1) is 10.1. The summed E-state index contributed by atoms with van der Waals surface area (Å²) in [5.74, 6) is 0.351. The molecular formula is C15H8Cl2N4. The van der Waals surface area contributed by atoms with Crippen LogP contribution in [0.5, 0.6) is 0 Å². The molecule has 6 heteroatoms. The molecule has 0 amide bonds. The van der Waals surface area contributed by atoms with E-state index in [0.717, 1.165) is 0 Å². The lowest BCUT2D eigenvalue weighted by Gasteiger charge is -2.11. The molecule has 0 unspecified atom stereocenters. The zero-order valence-electron chi connectivity index (χ0n) is 10.6. The summed E-state index contributed by atoms with van der Waals surface area (Å²) in [5.41, 5.74) is 8.14. The highest BCUT2D eigenvalue weighted by molar-refractivity contribution is 6.44. The molecule has 0 bridgehead atoms. The van der Waals surface area contributed by atoms with Gasteiger partial charge in [0, 0.05) is 16.5 Å². The molecule has 0 spiro atoms. The van der Waals surface area contributed by atoms with E-state index in [2.05, 4.69) is 16.0 Å². The lowest BCUT2D eigenvalue weighted by Crippen LogP contribution is -1.97. The summed E-state index contributed by atoms with van der Waals surface area (Å²) in [7, 11) is 0. The largest absolute Gasteiger partial charge is 0.383 e. The first-order valence-corrected chi connectivity index (χ1v) is 6.76. The fraction of sp³-hybridized carbons (Fsp3) is 0. The van der Waals surface area contributed by atoms with Crippen molar-refractivity contribution >= 4 is 39.9 Å². The molecule has 0 aliphatic carbocycles. The van der Waals surface area contributed by atoms with Crippen LogP contribution < -0.4 is 5.73 Å². The van der Waals surface area contributed by atoms with Gasteiger partial charge in [-0.1, -0.05) is 35.3 Å². The van der Waals surface area contributed by atoms with Crippen molar-refractivity contribution in [3.63, 3.8) is 0 Å². The van der Waals surface area contributed by atoms with Crippen molar-refractivity contribution in [3.8, 4) is 17.2 Å². The SMILES string of the molecule is N#Cc1ccc2c(N)ncnc2c1-c1cccc(Cl)c1Cl. The number of nitriles is 1. The Labute approximate surface area is 130 Å². The molecule has 21 heavy (non-hydrogen) atoms. The predicted octanol–water partition coefficient (Wildman–Crippen LogP) is 4.06. The van der Waals surface area contributed by atoms with Crippen LogP contribution in [-0.4, -0.2) is 9.97 Å². The van der Waals surface area contributed by atoms with Gasteiger partial charge in [-0.25, -0.2) is 9.97 Å². The summed E-state index contributed by atoms with van der Waals surface area (Å²) >= 11 is 12.4. The van der Waals surface area contributed by atoms with E-state index in [4.69, 9.17) is 28.9 Å². The van der Waals surface area contributed by atoms with E-state index in [0.29, 0.717) is 43.5 Å². The van der Waals surface area contributed by atoms with Crippen molar-refractivity contribution in [3.05, 3.63) is 52.3 Å². The maximum atomic E-state index is 9.37. The third-order valence-corrected chi connectivity index (χ3v) is 4.00. The number of benzene rings is 2. The number of hydrogen-bond donors (Lipinski definition) is 1. The summed E-state index contributed by atoms with van der Waals surface area (Å²) in [6, 6.07) is 10.8. The van der Waals surface area contributed by atoms with E-state index in [1.807, 2.05) is 0 Å². The van der Waals surface area contributed by atoms with Gasteiger partial charge < -0.3 is 5.73 Å². The van der Waals surface area contributed by atoms with Crippen LogP contribution in [0.2, 0.25) is 10.0 Å². The average Bonchev–Trinajstić information content (AvgIpc) is 2.49. The average molecular weight is 315 g/mol. The zero-order chi connectivity index (χ0) is 15.0. The van der Waals surface area contributed by atoms with Crippen LogP contribution in [-0.2, 0) is 0 Å². The first kappa shape index (κ1) is 13.6. The number of nitrogen functional groups attached to an aromatic ring is 1. The lowest BCUT2D eigenvalue weighted by atomic mass is 9.97. The van der Waals surface area contributed by atoms with Crippen LogP contribution in [0.1, 0.15) is 5.56 Å². The summed E-state index contributed by atoms with van der Waals surface area (Å²) in [6.45, 7) is 0. The molecule has 0 fully saturated rings. The van der Waals surface area contributed by atoms with Crippen LogP contribution in [0.25, 0.3) is 22.0 Å². The molecular weight excluding hydrogens is 307 g/mol. The van der Waals surface area contributed by atoms with Crippen LogP contribution >= 0.6 is 23.2 Å². The molecule has 2 N–H and O–H groups in total. The molecule has 1 aromatic heterocycles. The summed E-state index contributed by atoms with van der Waals surface area (Å²) in [5, 5.41) is 10.8. The van der Waals surface area contributed by atoms with Gasteiger partial charge in [-0.05, 0) is 18.2 Å². The molecule has 3 aromatic rings. The number of rotatable bonds is 1. The van der Waals surface area contributed by atoms with E-state index in [9.17, 15) is 5.26 Å². The molecule has 0 atom stereocenters. The molecule has 2 aromatic carbocycles. The first-order valence-electron chi connectivity index (χ1n) is 6.01. The predicted molar refractivity (Wildman–Crippen MR) is 84.1 cm³/mol. The van der Waals surface area contributed by atoms with Gasteiger partial charge in [0.2, 0.25) is 0 Å². The van der Waals surface area contributed by atoms with Crippen molar-refractivity contribution in [2.45, 2.75) is 0 Å². The van der Waals surface area contributed by atoms with Gasteiger partial charge in [-0.2, -0.15) is 5.26 Å². The Balaban J connectivity index is 2.49. The third-order valence-electron chi connectivity index (χ3n) is 3.18. The van der Waals surface area contributed by atoms with E-state index in [1.165, 1.54) is 6.33 Å². The molecule has 0 aliphatic rings. The Morgan fingerprint density at radius 2 is 1.90 bits per heavy atom. The Hall–Kier alpha value is -2.35. The van der Waals surface area contributed by atoms with E-state index in [-0.39, 0.29) is 0 Å². The minimum Gasteiger partial charge on any atom is -0.383 e. The van der Waals surface area contributed by atoms with Crippen LogP contribution in [0.15, 0.2) is 36.7 Å². The lowest BCUT2D eigenvalue weighted by molar-refractivity contribution is 1.23. The van der Waals surface area contributed by atoms with Crippen molar-refractivity contribution in [1.82, 2.24) is 9.97 Å². The van der Waals surface area contributed by atoms with Gasteiger partial charge in [0.1, 0.15) is 12.1 Å². The fourth-order valence-electron chi connectivity index (χ4n) is 2.21. The van der Waals surface area contributed by atoms with Crippen LogP contribution in [0, 0.1) is 11.3 Å². The molecule has 102 valence electrons. The number of nitrogens with zero attached hydrogens (tertiary/aromatic N) is 3. The number of hydrogen-bond acceptors (Lipinski definition) is 4. The minimum atomic E-state index is 0.351. The highest BCUT2D eigenvalue weighted by Crippen LogP contribution is 2.38. The maximum absolute atomic E-state index is 9.37. The second-order valence-electron chi connectivity index (χ2n) is 4.36. The monoisotopic (exact) mass is 314 g/mol. The number of nitrogens with two attached hydrogens (primary N) is 1. The van der Waals surface area contributed by atoms with Gasteiger partial charge in [-0.3, -0.25) is 0 Å². The van der Waals surface area contributed by atoms with Crippen molar-refractivity contribution in [1.29, 1.82) is 5.26 Å². The van der Waals surface area contributed by atoms with Crippen LogP contribution in [0.3, 0.4) is 0 Å². The summed E-state index contributed by atoms with van der Waals surface area (Å²) in [4.78, 5) is 8.22. The normalized spacial score (nSPS) is 10.5. The van der Waals surface area contributed by atoms with Crippen molar-refractivity contribution in [2.24, 2.45) is 0 Å².